The molecular weight excluding hydrogens is 372 g/mol. The molecule has 2 rings (SSSR count). The molecule has 1 atom stereocenters. The van der Waals surface area contributed by atoms with Crippen molar-refractivity contribution >= 4 is 37.7 Å². The Morgan fingerprint density at radius 3 is 2.86 bits per heavy atom. The quantitative estimate of drug-likeness (QED) is 0.836. The zero-order valence-corrected chi connectivity index (χ0v) is 15.5. The van der Waals surface area contributed by atoms with Gasteiger partial charge in [0, 0.05) is 35.1 Å². The Labute approximate surface area is 139 Å². The van der Waals surface area contributed by atoms with Gasteiger partial charge in [-0.15, -0.1) is 0 Å². The highest BCUT2D eigenvalue weighted by atomic mass is 79.9. The molecule has 1 aliphatic rings. The smallest absolute Gasteiger partial charge is 0.244 e. The van der Waals surface area contributed by atoms with E-state index in [1.807, 2.05) is 37.7 Å². The highest BCUT2D eigenvalue weighted by molar-refractivity contribution is 9.10. The fraction of sp³-hybridized carbons (Fsp3) is 0.571. The second-order valence-corrected chi connectivity index (χ2v) is 8.95. The van der Waals surface area contributed by atoms with Crippen LogP contribution in [0.3, 0.4) is 0 Å². The molecule has 7 heteroatoms. The van der Waals surface area contributed by atoms with E-state index in [2.05, 4.69) is 21.2 Å². The summed E-state index contributed by atoms with van der Waals surface area (Å²) in [5, 5.41) is 3.24. The molecule has 4 nitrogen and oxygen atoms in total. The summed E-state index contributed by atoms with van der Waals surface area (Å²) in [5.41, 5.74) is 1.07. The Bertz CT molecular complexity index is 593. The number of halogens is 1. The van der Waals surface area contributed by atoms with Gasteiger partial charge in [0.2, 0.25) is 10.0 Å². The van der Waals surface area contributed by atoms with Gasteiger partial charge >= 0.3 is 0 Å². The maximum atomic E-state index is 12.8. The lowest BCUT2D eigenvalue weighted by Gasteiger charge is -2.32. The van der Waals surface area contributed by atoms with Crippen molar-refractivity contribution in [2.75, 3.05) is 24.6 Å². The lowest BCUT2D eigenvalue weighted by atomic mass is 10.2. The highest BCUT2D eigenvalue weighted by Crippen LogP contribution is 2.29. The van der Waals surface area contributed by atoms with Gasteiger partial charge in [-0.3, -0.25) is 0 Å². The monoisotopic (exact) mass is 392 g/mol. The second-order valence-electron chi connectivity index (χ2n) is 5.08. The van der Waals surface area contributed by atoms with Crippen molar-refractivity contribution in [1.82, 2.24) is 9.62 Å². The first-order valence-electron chi connectivity index (χ1n) is 7.05. The Kier molecular flexibility index (Phi) is 6.14. The summed E-state index contributed by atoms with van der Waals surface area (Å²) < 4.78 is 27.9. The summed E-state index contributed by atoms with van der Waals surface area (Å²) in [6.07, 6.45) is 0. The van der Waals surface area contributed by atoms with Crippen LogP contribution in [0.2, 0.25) is 0 Å². The third-order valence-electron chi connectivity index (χ3n) is 3.47. The first kappa shape index (κ1) is 17.3. The van der Waals surface area contributed by atoms with Gasteiger partial charge in [-0.25, -0.2) is 8.42 Å². The van der Waals surface area contributed by atoms with Crippen LogP contribution in [-0.4, -0.2) is 43.4 Å². The third kappa shape index (κ3) is 4.01. The predicted octanol–water partition coefficient (Wildman–Crippen LogP) is 2.68. The predicted molar refractivity (Wildman–Crippen MR) is 92.2 cm³/mol. The highest BCUT2D eigenvalue weighted by Gasteiger charge is 2.32. The van der Waals surface area contributed by atoms with E-state index in [4.69, 9.17) is 0 Å². The molecule has 0 amide bonds. The number of nitrogens with one attached hydrogen (secondary N) is 1. The molecule has 1 saturated heterocycles. The second kappa shape index (κ2) is 7.46. The van der Waals surface area contributed by atoms with Gasteiger partial charge in [0.15, 0.2) is 0 Å². The third-order valence-corrected chi connectivity index (χ3v) is 7.65. The van der Waals surface area contributed by atoms with Gasteiger partial charge in [-0.1, -0.05) is 13.0 Å². The average molecular weight is 393 g/mol. The van der Waals surface area contributed by atoms with Crippen molar-refractivity contribution in [3.63, 3.8) is 0 Å². The van der Waals surface area contributed by atoms with Gasteiger partial charge in [-0.05, 0) is 47.1 Å². The van der Waals surface area contributed by atoms with Gasteiger partial charge in [-0.2, -0.15) is 16.1 Å². The Hall–Kier alpha value is -0.0800. The van der Waals surface area contributed by atoms with E-state index in [9.17, 15) is 8.42 Å². The number of hydrogen-bond donors (Lipinski definition) is 1. The first-order chi connectivity index (χ1) is 9.96. The minimum absolute atomic E-state index is 0.0436. The molecule has 0 saturated carbocycles. The standard InChI is InChI=1S/C14H21BrN2O2S2/c1-3-16-9-12-4-5-14(13(15)8-12)21(18,19)17-6-7-20-10-11(17)2/h4-5,8,11,16H,3,6-7,9-10H2,1-2H3. The van der Waals surface area contributed by atoms with Crippen LogP contribution in [0.4, 0.5) is 0 Å². The van der Waals surface area contributed by atoms with Crippen molar-refractivity contribution < 1.29 is 8.42 Å². The molecule has 0 aromatic heterocycles. The number of nitrogens with zero attached hydrogens (tertiary/aromatic N) is 1. The van der Waals surface area contributed by atoms with E-state index >= 15 is 0 Å². The Balaban J connectivity index is 2.27. The maximum absolute atomic E-state index is 12.8. The van der Waals surface area contributed by atoms with E-state index in [0.29, 0.717) is 15.9 Å². The Morgan fingerprint density at radius 1 is 1.48 bits per heavy atom. The lowest BCUT2D eigenvalue weighted by molar-refractivity contribution is 0.367. The van der Waals surface area contributed by atoms with E-state index in [1.54, 1.807) is 10.4 Å². The Morgan fingerprint density at radius 2 is 2.24 bits per heavy atom. The number of thioether (sulfide) groups is 1. The normalized spacial score (nSPS) is 20.6. The molecule has 0 bridgehead atoms. The molecule has 118 valence electrons. The lowest BCUT2D eigenvalue weighted by Crippen LogP contribution is -2.44. The van der Waals surface area contributed by atoms with Crippen molar-refractivity contribution in [3.05, 3.63) is 28.2 Å². The molecule has 1 heterocycles. The summed E-state index contributed by atoms with van der Waals surface area (Å²) in [4.78, 5) is 0.362. The van der Waals surface area contributed by atoms with E-state index in [-0.39, 0.29) is 6.04 Å². The van der Waals surface area contributed by atoms with Crippen LogP contribution in [0.25, 0.3) is 0 Å². The topological polar surface area (TPSA) is 49.4 Å². The maximum Gasteiger partial charge on any atom is 0.244 e. The number of hydrogen-bond acceptors (Lipinski definition) is 4. The zero-order chi connectivity index (χ0) is 15.5. The summed E-state index contributed by atoms with van der Waals surface area (Å²) >= 11 is 5.23. The average Bonchev–Trinajstić information content (AvgIpc) is 2.45. The molecule has 1 fully saturated rings. The van der Waals surface area contributed by atoms with E-state index in [0.717, 1.165) is 30.2 Å². The summed E-state index contributed by atoms with van der Waals surface area (Å²) in [6, 6.07) is 5.52. The van der Waals surface area contributed by atoms with Crippen LogP contribution >= 0.6 is 27.7 Å². The van der Waals surface area contributed by atoms with E-state index < -0.39 is 10.0 Å². The summed E-state index contributed by atoms with van der Waals surface area (Å²) in [7, 11) is -3.43. The van der Waals surface area contributed by atoms with Gasteiger partial charge < -0.3 is 5.32 Å². The van der Waals surface area contributed by atoms with Crippen LogP contribution in [0.15, 0.2) is 27.6 Å². The van der Waals surface area contributed by atoms with Crippen LogP contribution < -0.4 is 5.32 Å². The summed E-state index contributed by atoms with van der Waals surface area (Å²) in [6.45, 7) is 6.23. The zero-order valence-electron chi connectivity index (χ0n) is 12.3. The van der Waals surface area contributed by atoms with E-state index in [1.165, 1.54) is 0 Å². The van der Waals surface area contributed by atoms with Crippen molar-refractivity contribution in [2.24, 2.45) is 0 Å². The minimum atomic E-state index is -3.43. The van der Waals surface area contributed by atoms with Gasteiger partial charge in [0.25, 0.3) is 0 Å². The van der Waals surface area contributed by atoms with Crippen LogP contribution in [0.5, 0.6) is 0 Å². The number of sulfonamides is 1. The largest absolute Gasteiger partial charge is 0.313 e. The SMILES string of the molecule is CCNCc1ccc(S(=O)(=O)N2CCSCC2C)c(Br)c1. The molecule has 1 unspecified atom stereocenters. The van der Waals surface area contributed by atoms with Gasteiger partial charge in [0.1, 0.15) is 0 Å². The molecule has 0 spiro atoms. The molecule has 1 N–H and O–H groups in total. The molecule has 21 heavy (non-hydrogen) atoms. The van der Waals surface area contributed by atoms with Gasteiger partial charge in [0.05, 0.1) is 4.90 Å². The van der Waals surface area contributed by atoms with Crippen molar-refractivity contribution in [1.29, 1.82) is 0 Å². The van der Waals surface area contributed by atoms with Crippen LogP contribution in [0, 0.1) is 0 Å². The molecule has 1 aromatic carbocycles. The first-order valence-corrected chi connectivity index (χ1v) is 10.4. The fourth-order valence-electron chi connectivity index (χ4n) is 2.33. The minimum Gasteiger partial charge on any atom is -0.313 e. The molecule has 0 aliphatic carbocycles. The van der Waals surface area contributed by atoms with Crippen molar-refractivity contribution in [3.8, 4) is 0 Å². The van der Waals surface area contributed by atoms with Crippen LogP contribution in [0.1, 0.15) is 19.4 Å². The molecular formula is C14H21BrN2O2S2. The fourth-order valence-corrected chi connectivity index (χ4v) is 6.27. The summed E-state index contributed by atoms with van der Waals surface area (Å²) in [5.74, 6) is 1.72. The number of rotatable bonds is 5. The number of benzene rings is 1. The van der Waals surface area contributed by atoms with Crippen molar-refractivity contribution in [2.45, 2.75) is 31.3 Å². The molecule has 0 radical (unpaired) electrons. The molecule has 1 aliphatic heterocycles. The molecule has 1 aromatic rings. The van der Waals surface area contributed by atoms with Crippen LogP contribution in [-0.2, 0) is 16.6 Å².